The summed E-state index contributed by atoms with van der Waals surface area (Å²) < 4.78 is 5.60. The first-order chi connectivity index (χ1) is 12.8. The summed E-state index contributed by atoms with van der Waals surface area (Å²) in [5, 5.41) is 2.99. The van der Waals surface area contributed by atoms with Crippen LogP contribution >= 0.6 is 0 Å². The Kier molecular flexibility index (Phi) is 6.25. The van der Waals surface area contributed by atoms with Gasteiger partial charge in [-0.1, -0.05) is 30.3 Å². The van der Waals surface area contributed by atoms with Gasteiger partial charge in [-0.3, -0.25) is 4.79 Å². The number of nitrogens with zero attached hydrogens (tertiary/aromatic N) is 1. The molecule has 1 heterocycles. The van der Waals surface area contributed by atoms with Crippen LogP contribution in [0.5, 0.6) is 5.75 Å². The van der Waals surface area contributed by atoms with E-state index in [4.69, 9.17) is 4.74 Å². The van der Waals surface area contributed by atoms with Gasteiger partial charge in [-0.25, -0.2) is 4.98 Å². The van der Waals surface area contributed by atoms with Crippen LogP contribution in [0.15, 0.2) is 48.5 Å². The second kappa shape index (κ2) is 9.04. The molecule has 5 nitrogen and oxygen atoms in total. The Morgan fingerprint density at radius 3 is 2.77 bits per heavy atom. The fraction of sp³-hybridized carbons (Fsp3) is 0.333. The van der Waals surface area contributed by atoms with E-state index in [1.165, 1.54) is 0 Å². The van der Waals surface area contributed by atoms with E-state index in [0.717, 1.165) is 41.0 Å². The number of fused-ring (bicyclic) bond motifs is 1. The first kappa shape index (κ1) is 18.0. The van der Waals surface area contributed by atoms with Crippen molar-refractivity contribution < 1.29 is 9.53 Å². The number of imidazole rings is 1. The molecule has 0 aliphatic heterocycles. The van der Waals surface area contributed by atoms with E-state index in [1.54, 1.807) is 0 Å². The average molecular weight is 351 g/mol. The maximum Gasteiger partial charge on any atom is 0.220 e. The van der Waals surface area contributed by atoms with E-state index in [0.29, 0.717) is 26.0 Å². The summed E-state index contributed by atoms with van der Waals surface area (Å²) in [6, 6.07) is 15.9. The zero-order valence-corrected chi connectivity index (χ0v) is 15.1. The maximum absolute atomic E-state index is 12.1. The third kappa shape index (κ3) is 4.85. The second-order valence-corrected chi connectivity index (χ2v) is 6.19. The Balaban J connectivity index is 1.39. The highest BCUT2D eigenvalue weighted by atomic mass is 16.5. The Morgan fingerprint density at radius 1 is 1.12 bits per heavy atom. The van der Waals surface area contributed by atoms with Gasteiger partial charge in [-0.15, -0.1) is 0 Å². The highest BCUT2D eigenvalue weighted by molar-refractivity contribution is 5.76. The highest BCUT2D eigenvalue weighted by Gasteiger charge is 2.07. The summed E-state index contributed by atoms with van der Waals surface area (Å²) >= 11 is 0. The van der Waals surface area contributed by atoms with Crippen molar-refractivity contribution in [3.8, 4) is 5.75 Å². The molecule has 0 saturated carbocycles. The Morgan fingerprint density at radius 2 is 1.92 bits per heavy atom. The van der Waals surface area contributed by atoms with Gasteiger partial charge in [-0.2, -0.15) is 0 Å². The Labute approximate surface area is 153 Å². The van der Waals surface area contributed by atoms with Crippen molar-refractivity contribution >= 4 is 16.9 Å². The van der Waals surface area contributed by atoms with E-state index in [1.807, 2.05) is 55.5 Å². The number of hydrogen-bond donors (Lipinski definition) is 2. The van der Waals surface area contributed by atoms with E-state index in [2.05, 4.69) is 15.3 Å². The number of H-pyrrole nitrogens is 1. The highest BCUT2D eigenvalue weighted by Crippen LogP contribution is 2.19. The average Bonchev–Trinajstić information content (AvgIpc) is 3.07. The molecule has 0 atom stereocenters. The van der Waals surface area contributed by atoms with Gasteiger partial charge in [0.2, 0.25) is 5.91 Å². The van der Waals surface area contributed by atoms with E-state index in [-0.39, 0.29) is 5.91 Å². The van der Waals surface area contributed by atoms with Crippen molar-refractivity contribution in [2.45, 2.75) is 32.6 Å². The summed E-state index contributed by atoms with van der Waals surface area (Å²) in [6.07, 6.45) is 2.84. The van der Waals surface area contributed by atoms with E-state index < -0.39 is 0 Å². The molecule has 26 heavy (non-hydrogen) atoms. The lowest BCUT2D eigenvalue weighted by molar-refractivity contribution is -0.121. The van der Waals surface area contributed by atoms with Gasteiger partial charge in [0.25, 0.3) is 0 Å². The molecule has 0 bridgehead atoms. The van der Waals surface area contributed by atoms with Crippen LogP contribution < -0.4 is 10.1 Å². The number of amides is 1. The molecule has 1 aromatic heterocycles. The number of hydrogen-bond acceptors (Lipinski definition) is 3. The number of benzene rings is 2. The van der Waals surface area contributed by atoms with Gasteiger partial charge >= 0.3 is 0 Å². The van der Waals surface area contributed by atoms with Crippen molar-refractivity contribution in [1.29, 1.82) is 0 Å². The largest absolute Gasteiger partial charge is 0.494 e. The molecule has 0 saturated heterocycles. The first-order valence-electron chi connectivity index (χ1n) is 9.17. The smallest absolute Gasteiger partial charge is 0.220 e. The Bertz CT molecular complexity index is 824. The van der Waals surface area contributed by atoms with Crippen LogP contribution in [0.25, 0.3) is 11.0 Å². The number of carbonyl (C=O) groups is 1. The van der Waals surface area contributed by atoms with E-state index in [9.17, 15) is 4.79 Å². The summed E-state index contributed by atoms with van der Waals surface area (Å²) in [5.74, 6) is 1.90. The van der Waals surface area contributed by atoms with Crippen LogP contribution in [0.3, 0.4) is 0 Å². The summed E-state index contributed by atoms with van der Waals surface area (Å²) in [7, 11) is 0. The number of rotatable bonds is 9. The maximum atomic E-state index is 12.1. The topological polar surface area (TPSA) is 67.0 Å². The molecule has 0 aliphatic rings. The second-order valence-electron chi connectivity index (χ2n) is 6.19. The summed E-state index contributed by atoms with van der Waals surface area (Å²) in [5.41, 5.74) is 3.12. The number of nitrogens with one attached hydrogen (secondary N) is 2. The molecule has 3 aromatic rings. The predicted molar refractivity (Wildman–Crippen MR) is 103 cm³/mol. The van der Waals surface area contributed by atoms with Gasteiger partial charge in [0.15, 0.2) is 0 Å². The molecular formula is C21H25N3O2. The van der Waals surface area contributed by atoms with Crippen molar-refractivity contribution in [1.82, 2.24) is 15.3 Å². The SMILES string of the molecule is CCOc1ccccc1CCC(=O)NCCCc1nc2ccccc2[nH]1. The first-order valence-corrected chi connectivity index (χ1v) is 9.17. The van der Waals surface area contributed by atoms with Crippen molar-refractivity contribution in [3.05, 3.63) is 59.9 Å². The lowest BCUT2D eigenvalue weighted by Gasteiger charge is -2.10. The third-order valence-electron chi connectivity index (χ3n) is 4.24. The van der Waals surface area contributed by atoms with E-state index >= 15 is 0 Å². The number of ether oxygens (including phenoxy) is 1. The molecule has 5 heteroatoms. The fourth-order valence-electron chi connectivity index (χ4n) is 2.95. The minimum absolute atomic E-state index is 0.0703. The predicted octanol–water partition coefficient (Wildman–Crippen LogP) is 3.64. The molecule has 0 fully saturated rings. The van der Waals surface area contributed by atoms with Crippen LogP contribution in [-0.2, 0) is 17.6 Å². The molecule has 0 spiro atoms. The molecule has 2 aromatic carbocycles. The van der Waals surface area contributed by atoms with Crippen LogP contribution in [0.4, 0.5) is 0 Å². The number of aromatic nitrogens is 2. The normalized spacial score (nSPS) is 10.8. The van der Waals surface area contributed by atoms with Crippen molar-refractivity contribution in [2.24, 2.45) is 0 Å². The monoisotopic (exact) mass is 351 g/mol. The molecule has 2 N–H and O–H groups in total. The Hall–Kier alpha value is -2.82. The van der Waals surface area contributed by atoms with Crippen LogP contribution in [0, 0.1) is 0 Å². The number of aromatic amines is 1. The van der Waals surface area contributed by atoms with Gasteiger partial charge in [0.05, 0.1) is 17.6 Å². The molecule has 0 aliphatic carbocycles. The number of para-hydroxylation sites is 3. The molecule has 136 valence electrons. The summed E-state index contributed by atoms with van der Waals surface area (Å²) in [4.78, 5) is 19.9. The standard InChI is InChI=1S/C21H25N3O2/c1-2-26-19-11-6-3-8-16(19)13-14-21(25)22-15-7-12-20-23-17-9-4-5-10-18(17)24-20/h3-6,8-11H,2,7,12-15H2,1H3,(H,22,25)(H,23,24). The summed E-state index contributed by atoms with van der Waals surface area (Å²) in [6.45, 7) is 3.25. The fourth-order valence-corrected chi connectivity index (χ4v) is 2.95. The minimum Gasteiger partial charge on any atom is -0.494 e. The molecule has 0 unspecified atom stereocenters. The van der Waals surface area contributed by atoms with Crippen LogP contribution in [0.2, 0.25) is 0 Å². The zero-order valence-electron chi connectivity index (χ0n) is 15.1. The van der Waals surface area contributed by atoms with Gasteiger partial charge in [-0.05, 0) is 43.5 Å². The molecule has 0 radical (unpaired) electrons. The quantitative estimate of drug-likeness (QED) is 0.578. The number of carbonyl (C=O) groups excluding carboxylic acids is 1. The van der Waals surface area contributed by atoms with Crippen LogP contribution in [-0.4, -0.2) is 29.0 Å². The van der Waals surface area contributed by atoms with Crippen molar-refractivity contribution in [3.63, 3.8) is 0 Å². The lowest BCUT2D eigenvalue weighted by atomic mass is 10.1. The van der Waals surface area contributed by atoms with Gasteiger partial charge in [0, 0.05) is 19.4 Å². The van der Waals surface area contributed by atoms with Gasteiger partial charge < -0.3 is 15.0 Å². The molecular weight excluding hydrogens is 326 g/mol. The van der Waals surface area contributed by atoms with Crippen molar-refractivity contribution in [2.75, 3.05) is 13.2 Å². The zero-order chi connectivity index (χ0) is 18.2. The molecule has 1 amide bonds. The third-order valence-corrected chi connectivity index (χ3v) is 4.24. The number of aryl methyl sites for hydroxylation is 2. The molecule has 3 rings (SSSR count). The minimum atomic E-state index is 0.0703. The van der Waals surface area contributed by atoms with Gasteiger partial charge in [0.1, 0.15) is 11.6 Å². The van der Waals surface area contributed by atoms with Crippen LogP contribution in [0.1, 0.15) is 31.2 Å². The lowest BCUT2D eigenvalue weighted by Crippen LogP contribution is -2.25.